The van der Waals surface area contributed by atoms with Crippen LogP contribution in [0.3, 0.4) is 0 Å². The van der Waals surface area contributed by atoms with Gasteiger partial charge in [0.1, 0.15) is 5.60 Å². The minimum Gasteiger partial charge on any atom is -0.459 e. The zero-order chi connectivity index (χ0) is 24.0. The summed E-state index contributed by atoms with van der Waals surface area (Å²) in [4.78, 5) is 20.7. The number of hydrogen-bond acceptors (Lipinski definition) is 7. The molecule has 0 amide bonds. The van der Waals surface area contributed by atoms with Crippen LogP contribution in [0.5, 0.6) is 0 Å². The Hall–Kier alpha value is -2.87. The Morgan fingerprint density at radius 3 is 2.36 bits per heavy atom. The maximum absolute atomic E-state index is 11.8. The van der Waals surface area contributed by atoms with E-state index in [1.165, 1.54) is 0 Å². The monoisotopic (exact) mass is 487 g/mol. The van der Waals surface area contributed by atoms with Gasteiger partial charge in [-0.3, -0.25) is 4.79 Å². The number of anilines is 2. The minimum absolute atomic E-state index is 0.146. The molecule has 7 nitrogen and oxygen atoms in total. The number of nitrogen functional groups attached to an aromatic ring is 1. The van der Waals surface area contributed by atoms with Crippen LogP contribution >= 0.6 is 23.2 Å². The fraction of sp³-hybridized carbons (Fsp3) is 0.292. The van der Waals surface area contributed by atoms with Crippen molar-refractivity contribution < 1.29 is 9.53 Å². The number of esters is 1. The van der Waals surface area contributed by atoms with Crippen LogP contribution in [0.15, 0.2) is 48.7 Å². The lowest BCUT2D eigenvalue weighted by Crippen LogP contribution is -2.31. The Morgan fingerprint density at radius 1 is 1.06 bits per heavy atom. The van der Waals surface area contributed by atoms with Crippen molar-refractivity contribution in [3.8, 4) is 11.3 Å². The zero-order valence-electron chi connectivity index (χ0n) is 18.8. The number of aromatic nitrogens is 2. The number of halogens is 2. The summed E-state index contributed by atoms with van der Waals surface area (Å²) in [5, 5.41) is 7.38. The SMILES string of the molecule is CC(C)(C)OC(=O)CNCc1ccc(-c2cnc(N)c(NCc3c(Cl)cccc3Cl)n2)cc1. The first kappa shape index (κ1) is 24.8. The highest BCUT2D eigenvalue weighted by atomic mass is 35.5. The number of nitrogens with one attached hydrogen (secondary N) is 2. The lowest BCUT2D eigenvalue weighted by molar-refractivity contribution is -0.153. The summed E-state index contributed by atoms with van der Waals surface area (Å²) in [7, 11) is 0. The Bertz CT molecular complexity index is 1090. The fourth-order valence-electron chi connectivity index (χ4n) is 3.02. The molecule has 2 aromatic carbocycles. The minimum atomic E-state index is -0.492. The summed E-state index contributed by atoms with van der Waals surface area (Å²) in [6, 6.07) is 13.2. The molecule has 0 radical (unpaired) electrons. The molecule has 0 aliphatic heterocycles. The van der Waals surface area contributed by atoms with E-state index in [-0.39, 0.29) is 18.3 Å². The second-order valence-corrected chi connectivity index (χ2v) is 9.24. The van der Waals surface area contributed by atoms with Gasteiger partial charge in [-0.1, -0.05) is 53.5 Å². The Labute approximate surface area is 203 Å². The van der Waals surface area contributed by atoms with Gasteiger partial charge in [-0.25, -0.2) is 9.97 Å². The maximum atomic E-state index is 11.8. The van der Waals surface area contributed by atoms with Gasteiger partial charge < -0.3 is 21.1 Å². The summed E-state index contributed by atoms with van der Waals surface area (Å²) in [5.74, 6) is 0.450. The molecule has 0 spiro atoms. The van der Waals surface area contributed by atoms with Crippen molar-refractivity contribution in [1.82, 2.24) is 15.3 Å². The van der Waals surface area contributed by atoms with Crippen molar-refractivity contribution >= 4 is 40.8 Å². The van der Waals surface area contributed by atoms with Gasteiger partial charge in [0.05, 0.1) is 18.4 Å². The average Bonchev–Trinajstić information content (AvgIpc) is 2.74. The van der Waals surface area contributed by atoms with Crippen LogP contribution in [0.25, 0.3) is 11.3 Å². The summed E-state index contributed by atoms with van der Waals surface area (Å²) >= 11 is 12.5. The summed E-state index contributed by atoms with van der Waals surface area (Å²) in [5.41, 5.74) is 8.85. The second kappa shape index (κ2) is 10.8. The van der Waals surface area contributed by atoms with Crippen molar-refractivity contribution in [2.45, 2.75) is 39.5 Å². The Balaban J connectivity index is 1.62. The van der Waals surface area contributed by atoms with Crippen LogP contribution in [0.4, 0.5) is 11.6 Å². The lowest BCUT2D eigenvalue weighted by Gasteiger charge is -2.19. The molecule has 4 N–H and O–H groups in total. The third-order valence-corrected chi connectivity index (χ3v) is 5.27. The van der Waals surface area contributed by atoms with E-state index < -0.39 is 5.60 Å². The molecule has 0 atom stereocenters. The van der Waals surface area contributed by atoms with Crippen LogP contribution in [-0.4, -0.2) is 28.1 Å². The highest BCUT2D eigenvalue weighted by Crippen LogP contribution is 2.27. The van der Waals surface area contributed by atoms with E-state index in [2.05, 4.69) is 20.6 Å². The van der Waals surface area contributed by atoms with Gasteiger partial charge in [0, 0.05) is 34.3 Å². The standard InChI is InChI=1S/C24H27Cl2N5O2/c1-24(2,3)33-21(32)14-28-11-15-7-9-16(10-8-15)20-13-29-22(27)23(31-20)30-12-17-18(25)5-4-6-19(17)26/h4-10,13,28H,11-12,14H2,1-3H3,(H2,27,29)(H,30,31). The molecule has 0 saturated carbocycles. The van der Waals surface area contributed by atoms with Gasteiger partial charge in [-0.05, 0) is 38.5 Å². The van der Waals surface area contributed by atoms with E-state index in [9.17, 15) is 4.79 Å². The first-order valence-corrected chi connectivity index (χ1v) is 11.2. The topological polar surface area (TPSA) is 102 Å². The molecule has 174 valence electrons. The molecule has 9 heteroatoms. The Kier molecular flexibility index (Phi) is 8.13. The molecule has 33 heavy (non-hydrogen) atoms. The molecule has 0 aliphatic rings. The van der Waals surface area contributed by atoms with Crippen LogP contribution in [0.2, 0.25) is 10.0 Å². The normalized spacial score (nSPS) is 11.3. The van der Waals surface area contributed by atoms with E-state index in [0.29, 0.717) is 34.6 Å². The average molecular weight is 488 g/mol. The molecular formula is C24H27Cl2N5O2. The third-order valence-electron chi connectivity index (χ3n) is 4.56. The molecule has 3 rings (SSSR count). The van der Waals surface area contributed by atoms with E-state index in [1.807, 2.05) is 45.0 Å². The van der Waals surface area contributed by atoms with Crippen molar-refractivity contribution in [3.63, 3.8) is 0 Å². The summed E-state index contributed by atoms with van der Waals surface area (Å²) < 4.78 is 5.29. The summed E-state index contributed by atoms with van der Waals surface area (Å²) in [6.07, 6.45) is 1.62. The highest BCUT2D eigenvalue weighted by Gasteiger charge is 2.15. The molecule has 0 unspecified atom stereocenters. The van der Waals surface area contributed by atoms with E-state index >= 15 is 0 Å². The highest BCUT2D eigenvalue weighted by molar-refractivity contribution is 6.36. The lowest BCUT2D eigenvalue weighted by atomic mass is 10.1. The number of nitrogens with zero attached hydrogens (tertiary/aromatic N) is 2. The number of carbonyl (C=O) groups is 1. The molecule has 1 heterocycles. The third kappa shape index (κ3) is 7.32. The number of carbonyl (C=O) groups excluding carboxylic acids is 1. The van der Waals surface area contributed by atoms with Gasteiger partial charge >= 0.3 is 5.97 Å². The molecular weight excluding hydrogens is 461 g/mol. The number of rotatable bonds is 8. The van der Waals surface area contributed by atoms with Crippen LogP contribution in [0.1, 0.15) is 31.9 Å². The van der Waals surface area contributed by atoms with Crippen molar-refractivity contribution in [2.24, 2.45) is 0 Å². The smallest absolute Gasteiger partial charge is 0.320 e. The molecule has 0 aliphatic carbocycles. The fourth-order valence-corrected chi connectivity index (χ4v) is 3.55. The molecule has 0 fully saturated rings. The number of benzene rings is 2. The van der Waals surface area contributed by atoms with Crippen molar-refractivity contribution in [3.05, 3.63) is 69.8 Å². The van der Waals surface area contributed by atoms with Crippen molar-refractivity contribution in [2.75, 3.05) is 17.6 Å². The molecule has 3 aromatic rings. The predicted molar refractivity (Wildman–Crippen MR) is 133 cm³/mol. The van der Waals surface area contributed by atoms with Gasteiger partial charge in [0.25, 0.3) is 0 Å². The summed E-state index contributed by atoms with van der Waals surface area (Å²) in [6.45, 7) is 6.58. The van der Waals surface area contributed by atoms with Crippen LogP contribution in [-0.2, 0) is 22.6 Å². The first-order valence-electron chi connectivity index (χ1n) is 10.4. The van der Waals surface area contributed by atoms with Gasteiger partial charge in [-0.2, -0.15) is 0 Å². The quantitative estimate of drug-likeness (QED) is 0.380. The second-order valence-electron chi connectivity index (χ2n) is 8.43. The maximum Gasteiger partial charge on any atom is 0.320 e. The zero-order valence-corrected chi connectivity index (χ0v) is 20.3. The van der Waals surface area contributed by atoms with E-state index in [1.54, 1.807) is 24.4 Å². The van der Waals surface area contributed by atoms with Gasteiger partial charge in [-0.15, -0.1) is 0 Å². The Morgan fingerprint density at radius 2 is 1.73 bits per heavy atom. The number of nitrogens with two attached hydrogens (primary N) is 1. The largest absolute Gasteiger partial charge is 0.459 e. The van der Waals surface area contributed by atoms with E-state index in [4.69, 9.17) is 33.7 Å². The molecule has 1 aromatic heterocycles. The molecule has 0 saturated heterocycles. The van der Waals surface area contributed by atoms with Gasteiger partial charge in [0.15, 0.2) is 11.6 Å². The van der Waals surface area contributed by atoms with Crippen LogP contribution < -0.4 is 16.4 Å². The number of hydrogen-bond donors (Lipinski definition) is 3. The number of ether oxygens (including phenoxy) is 1. The van der Waals surface area contributed by atoms with Crippen LogP contribution in [0, 0.1) is 0 Å². The first-order chi connectivity index (χ1) is 15.6. The van der Waals surface area contributed by atoms with Gasteiger partial charge in [0.2, 0.25) is 0 Å². The predicted octanol–water partition coefficient (Wildman–Crippen LogP) is 5.08. The van der Waals surface area contributed by atoms with Crippen molar-refractivity contribution in [1.29, 1.82) is 0 Å². The van der Waals surface area contributed by atoms with E-state index in [0.717, 1.165) is 16.7 Å². The molecule has 0 bridgehead atoms.